The van der Waals surface area contributed by atoms with Crippen LogP contribution in [0.5, 0.6) is 0 Å². The number of pyridine rings is 1. The first kappa shape index (κ1) is 20.0. The molecule has 1 N–H and O–H groups in total. The molecule has 0 saturated heterocycles. The van der Waals surface area contributed by atoms with Crippen molar-refractivity contribution in [3.63, 3.8) is 0 Å². The molecule has 146 valence electrons. The molecule has 1 unspecified atom stereocenters. The van der Waals surface area contributed by atoms with Crippen LogP contribution in [0, 0.1) is 13.8 Å². The fourth-order valence-electron chi connectivity index (χ4n) is 2.55. The van der Waals surface area contributed by atoms with E-state index in [-0.39, 0.29) is 10.7 Å². The van der Waals surface area contributed by atoms with Gasteiger partial charge in [-0.2, -0.15) is 5.10 Å². The number of aromatic nitrogens is 3. The molecule has 7 nitrogen and oxygen atoms in total. The number of esters is 1. The molecule has 0 aliphatic heterocycles. The summed E-state index contributed by atoms with van der Waals surface area (Å²) in [5, 5.41) is 9.14. The van der Waals surface area contributed by atoms with Crippen LogP contribution in [-0.2, 0) is 16.1 Å². The number of halogens is 1. The van der Waals surface area contributed by atoms with E-state index in [1.54, 1.807) is 16.8 Å². The van der Waals surface area contributed by atoms with Crippen molar-refractivity contribution >= 4 is 34.8 Å². The molecule has 3 rings (SSSR count). The van der Waals surface area contributed by atoms with Gasteiger partial charge in [0, 0.05) is 10.6 Å². The zero-order valence-electron chi connectivity index (χ0n) is 15.6. The lowest BCUT2D eigenvalue weighted by Crippen LogP contribution is -2.35. The number of hydrogen-bond acceptors (Lipinski definition) is 6. The Bertz CT molecular complexity index is 1000. The van der Waals surface area contributed by atoms with Gasteiger partial charge < -0.3 is 10.1 Å². The van der Waals surface area contributed by atoms with Crippen LogP contribution in [0.4, 0.5) is 0 Å². The molecule has 0 aliphatic rings. The minimum absolute atomic E-state index is 0.0652. The molecule has 0 spiro atoms. The molecule has 0 saturated carbocycles. The highest BCUT2D eigenvalue weighted by Gasteiger charge is 2.22. The van der Waals surface area contributed by atoms with Gasteiger partial charge in [0.05, 0.1) is 17.3 Å². The van der Waals surface area contributed by atoms with Gasteiger partial charge >= 0.3 is 5.97 Å². The lowest BCUT2D eigenvalue weighted by atomic mass is 10.3. The number of hydrogen-bond donors (Lipinski definition) is 1. The number of carbonyl (C=O) groups excluding carboxylic acids is 2. The highest BCUT2D eigenvalue weighted by Crippen LogP contribution is 2.19. The van der Waals surface area contributed by atoms with Crippen molar-refractivity contribution in [1.29, 1.82) is 0 Å². The van der Waals surface area contributed by atoms with E-state index >= 15 is 0 Å². The molecule has 3 heterocycles. The Balaban J connectivity index is 1.70. The van der Waals surface area contributed by atoms with E-state index in [1.165, 1.54) is 18.3 Å². The summed E-state index contributed by atoms with van der Waals surface area (Å²) in [5.74, 6) is -0.725. The van der Waals surface area contributed by atoms with Gasteiger partial charge in [0.1, 0.15) is 0 Å². The molecule has 9 heteroatoms. The quantitative estimate of drug-likeness (QED) is 0.619. The van der Waals surface area contributed by atoms with Crippen LogP contribution < -0.4 is 5.32 Å². The molecular formula is C19H19ClN4O3S. The SMILES string of the molecule is Cc1cc(C)n(-c2ccc(Cl)c(C(=O)OC(C)C(=O)NCc3cccs3)n2)n1. The maximum Gasteiger partial charge on any atom is 0.359 e. The van der Waals surface area contributed by atoms with E-state index in [2.05, 4.69) is 15.4 Å². The number of nitrogens with zero attached hydrogens (tertiary/aromatic N) is 3. The normalized spacial score (nSPS) is 11.9. The standard InChI is InChI=1S/C19H19ClN4O3S/c1-11-9-12(2)24(23-11)16-7-6-15(20)17(22-16)19(26)27-13(3)18(25)21-10-14-5-4-8-28-14/h4-9,13H,10H2,1-3H3,(H,21,25). The van der Waals surface area contributed by atoms with Crippen molar-refractivity contribution < 1.29 is 14.3 Å². The van der Waals surface area contributed by atoms with E-state index < -0.39 is 18.0 Å². The number of nitrogens with one attached hydrogen (secondary N) is 1. The van der Waals surface area contributed by atoms with E-state index in [4.69, 9.17) is 16.3 Å². The number of ether oxygens (including phenoxy) is 1. The first-order chi connectivity index (χ1) is 13.3. The summed E-state index contributed by atoms with van der Waals surface area (Å²) in [6, 6.07) is 8.93. The third kappa shape index (κ3) is 4.58. The summed E-state index contributed by atoms with van der Waals surface area (Å²) in [5.41, 5.74) is 1.63. The summed E-state index contributed by atoms with van der Waals surface area (Å²) in [4.78, 5) is 30.0. The van der Waals surface area contributed by atoms with E-state index in [9.17, 15) is 9.59 Å². The molecule has 28 heavy (non-hydrogen) atoms. The van der Waals surface area contributed by atoms with Crippen LogP contribution in [0.15, 0.2) is 35.7 Å². The van der Waals surface area contributed by atoms with Gasteiger partial charge in [0.25, 0.3) is 5.91 Å². The molecule has 0 aliphatic carbocycles. The summed E-state index contributed by atoms with van der Waals surface area (Å²) >= 11 is 7.66. The van der Waals surface area contributed by atoms with Gasteiger partial charge in [-0.05, 0) is 50.4 Å². The second-order valence-electron chi connectivity index (χ2n) is 6.18. The predicted octanol–water partition coefficient (Wildman–Crippen LogP) is 3.46. The van der Waals surface area contributed by atoms with Crippen molar-refractivity contribution in [2.24, 2.45) is 0 Å². The van der Waals surface area contributed by atoms with Crippen LogP contribution in [0.2, 0.25) is 5.02 Å². The van der Waals surface area contributed by atoms with E-state index in [1.807, 2.05) is 37.4 Å². The Morgan fingerprint density at radius 3 is 2.75 bits per heavy atom. The Morgan fingerprint density at radius 2 is 2.11 bits per heavy atom. The van der Waals surface area contributed by atoms with Crippen LogP contribution in [0.25, 0.3) is 5.82 Å². The summed E-state index contributed by atoms with van der Waals surface area (Å²) in [6.07, 6.45) is -0.984. The van der Waals surface area contributed by atoms with Gasteiger partial charge in [-0.15, -0.1) is 11.3 Å². The monoisotopic (exact) mass is 418 g/mol. The predicted molar refractivity (Wildman–Crippen MR) is 107 cm³/mol. The number of amides is 1. The fraction of sp³-hybridized carbons (Fsp3) is 0.263. The molecular weight excluding hydrogens is 400 g/mol. The molecule has 0 fully saturated rings. The topological polar surface area (TPSA) is 86.1 Å². The first-order valence-electron chi connectivity index (χ1n) is 8.56. The van der Waals surface area contributed by atoms with Crippen molar-refractivity contribution in [1.82, 2.24) is 20.1 Å². The van der Waals surface area contributed by atoms with E-state index in [0.717, 1.165) is 16.3 Å². The van der Waals surface area contributed by atoms with Crippen molar-refractivity contribution in [3.05, 3.63) is 62.7 Å². The maximum atomic E-state index is 12.5. The molecule has 0 radical (unpaired) electrons. The summed E-state index contributed by atoms with van der Waals surface area (Å²) in [6.45, 7) is 5.63. The molecule has 1 atom stereocenters. The van der Waals surface area contributed by atoms with Crippen molar-refractivity contribution in [2.45, 2.75) is 33.4 Å². The van der Waals surface area contributed by atoms with Gasteiger partial charge in [-0.3, -0.25) is 4.79 Å². The highest BCUT2D eigenvalue weighted by atomic mass is 35.5. The Morgan fingerprint density at radius 1 is 1.32 bits per heavy atom. The Kier molecular flexibility index (Phi) is 6.11. The third-order valence-corrected chi connectivity index (χ3v) is 5.10. The van der Waals surface area contributed by atoms with Gasteiger partial charge in [-0.25, -0.2) is 14.5 Å². The van der Waals surface area contributed by atoms with Crippen molar-refractivity contribution in [2.75, 3.05) is 0 Å². The molecule has 0 bridgehead atoms. The zero-order valence-corrected chi connectivity index (χ0v) is 17.2. The second-order valence-corrected chi connectivity index (χ2v) is 7.62. The number of carbonyl (C=O) groups is 2. The van der Waals surface area contributed by atoms with Gasteiger partial charge in [-0.1, -0.05) is 17.7 Å². The van der Waals surface area contributed by atoms with Crippen LogP contribution in [-0.4, -0.2) is 32.7 Å². The van der Waals surface area contributed by atoms with Crippen LogP contribution >= 0.6 is 22.9 Å². The van der Waals surface area contributed by atoms with Crippen LogP contribution in [0.3, 0.4) is 0 Å². The molecule has 1 amide bonds. The molecule has 3 aromatic heterocycles. The molecule has 3 aromatic rings. The average molecular weight is 419 g/mol. The lowest BCUT2D eigenvalue weighted by molar-refractivity contribution is -0.129. The molecule has 0 aromatic carbocycles. The van der Waals surface area contributed by atoms with Crippen molar-refractivity contribution in [3.8, 4) is 5.82 Å². The number of aryl methyl sites for hydroxylation is 2. The highest BCUT2D eigenvalue weighted by molar-refractivity contribution is 7.09. The minimum atomic E-state index is -0.984. The largest absolute Gasteiger partial charge is 0.448 e. The van der Waals surface area contributed by atoms with Crippen LogP contribution in [0.1, 0.15) is 33.7 Å². The zero-order chi connectivity index (χ0) is 20.3. The van der Waals surface area contributed by atoms with Gasteiger partial charge in [0.2, 0.25) is 0 Å². The number of rotatable bonds is 6. The van der Waals surface area contributed by atoms with E-state index in [0.29, 0.717) is 12.4 Å². The fourth-order valence-corrected chi connectivity index (χ4v) is 3.38. The average Bonchev–Trinajstić information content (AvgIpc) is 3.29. The number of thiophene rings is 1. The second kappa shape index (κ2) is 8.53. The smallest absolute Gasteiger partial charge is 0.359 e. The summed E-state index contributed by atoms with van der Waals surface area (Å²) < 4.78 is 6.86. The lowest BCUT2D eigenvalue weighted by Gasteiger charge is -2.14. The Labute approximate surface area is 171 Å². The maximum absolute atomic E-state index is 12.5. The van der Waals surface area contributed by atoms with Gasteiger partial charge in [0.15, 0.2) is 17.6 Å². The third-order valence-electron chi connectivity index (χ3n) is 3.92. The first-order valence-corrected chi connectivity index (χ1v) is 9.82. The Hall–Kier alpha value is -2.71. The minimum Gasteiger partial charge on any atom is -0.448 e. The summed E-state index contributed by atoms with van der Waals surface area (Å²) in [7, 11) is 0.